The van der Waals surface area contributed by atoms with Gasteiger partial charge >= 0.3 is 6.09 Å². The number of hydrogen-bond acceptors (Lipinski definition) is 7. The molecule has 1 amide bonds. The topological polar surface area (TPSA) is 88.1 Å². The molecule has 4 aliphatic rings. The Balaban J connectivity index is 0.000000266. The van der Waals surface area contributed by atoms with E-state index < -0.39 is 18.9 Å². The second-order valence-electron chi connectivity index (χ2n) is 17.0. The van der Waals surface area contributed by atoms with Gasteiger partial charge in [-0.25, -0.2) is 4.79 Å². The van der Waals surface area contributed by atoms with Crippen LogP contribution >= 0.6 is 18.7 Å². The van der Waals surface area contributed by atoms with Crippen LogP contribution in [0.5, 0.6) is 5.75 Å². The van der Waals surface area contributed by atoms with Gasteiger partial charge in [0.2, 0.25) is 0 Å². The summed E-state index contributed by atoms with van der Waals surface area (Å²) in [5.41, 5.74) is 3.61. The van der Waals surface area contributed by atoms with Crippen LogP contribution in [0.1, 0.15) is 109 Å². The third-order valence-electron chi connectivity index (χ3n) is 12.7. The van der Waals surface area contributed by atoms with Crippen molar-refractivity contribution in [3.63, 3.8) is 0 Å². The molecular formula is C42H60B2FN2O5PS. The van der Waals surface area contributed by atoms with Gasteiger partial charge in [0, 0.05) is 53.7 Å². The number of ether oxygens (including phenoxy) is 2. The average Bonchev–Trinajstić information content (AvgIpc) is 3.45. The van der Waals surface area contributed by atoms with Crippen LogP contribution in [0.15, 0.2) is 36.4 Å². The van der Waals surface area contributed by atoms with Crippen molar-refractivity contribution < 1.29 is 28.3 Å². The number of aryl methyl sites for hydroxylation is 2. The molecule has 2 N–H and O–H groups in total. The SMILES string of the molecule is Cc1cc2c(cc1OC(=O)Nc1ccc(N3CCOCC3)cc1)CCC1C2CCC2(C)C(=O)CCC12.[B]C([B])(F)C(C)CCCP(O)SCC(C)(C)CC. The summed E-state index contributed by atoms with van der Waals surface area (Å²) >= 11 is 1.63. The fraction of sp³-hybridized carbons (Fsp3) is 0.667. The van der Waals surface area contributed by atoms with E-state index in [9.17, 15) is 18.9 Å². The zero-order chi connectivity index (χ0) is 39.3. The maximum absolute atomic E-state index is 13.2. The Labute approximate surface area is 331 Å². The Hall–Kier alpha value is -2.06. The largest absolute Gasteiger partial charge is 0.417 e. The molecule has 6 atom stereocenters. The van der Waals surface area contributed by atoms with Crippen molar-refractivity contribution in [3.8, 4) is 5.75 Å². The molecule has 292 valence electrons. The lowest BCUT2D eigenvalue weighted by atomic mass is 9.55. The zero-order valence-corrected chi connectivity index (χ0v) is 35.0. The minimum Gasteiger partial charge on any atom is -0.410 e. The summed E-state index contributed by atoms with van der Waals surface area (Å²) in [5, 5.41) is 2.87. The first-order chi connectivity index (χ1) is 25.5. The van der Waals surface area contributed by atoms with Gasteiger partial charge in [0.1, 0.15) is 27.2 Å². The lowest BCUT2D eigenvalue weighted by Gasteiger charge is -2.48. The van der Waals surface area contributed by atoms with E-state index in [-0.39, 0.29) is 16.7 Å². The number of fused-ring (bicyclic) bond motifs is 5. The Morgan fingerprint density at radius 1 is 1.17 bits per heavy atom. The van der Waals surface area contributed by atoms with Crippen LogP contribution in [0.2, 0.25) is 0 Å². The molecule has 0 spiro atoms. The van der Waals surface area contributed by atoms with Crippen LogP contribution in [0.4, 0.5) is 20.6 Å². The summed E-state index contributed by atoms with van der Waals surface area (Å²) in [5.74, 6) is 3.33. The number of morpholine rings is 1. The van der Waals surface area contributed by atoms with Crippen molar-refractivity contribution in [2.75, 3.05) is 48.4 Å². The molecular weight excluding hydrogens is 716 g/mol. The van der Waals surface area contributed by atoms with Crippen LogP contribution < -0.4 is 15.0 Å². The number of benzene rings is 2. The van der Waals surface area contributed by atoms with E-state index in [1.54, 1.807) is 18.3 Å². The van der Waals surface area contributed by atoms with Crippen molar-refractivity contribution in [2.24, 2.45) is 28.6 Å². The maximum atomic E-state index is 13.2. The molecule has 2 aromatic rings. The summed E-state index contributed by atoms with van der Waals surface area (Å²) in [7, 11) is 9.35. The second-order valence-corrected chi connectivity index (χ2v) is 20.8. The molecule has 4 radical (unpaired) electrons. The molecule has 1 saturated heterocycles. The van der Waals surface area contributed by atoms with Gasteiger partial charge in [0.15, 0.2) is 0 Å². The third-order valence-corrected chi connectivity index (χ3v) is 16.5. The van der Waals surface area contributed by atoms with E-state index >= 15 is 0 Å². The number of Topliss-reactive ketones (excluding diaryl/α,β-unsaturated/α-hetero) is 1. The standard InChI is InChI=1S/C30H36N2O4.C12H24B2FOPS/c1-19-17-25-20(3-8-24-23(25)11-12-30(2)26(24)9-10-28(30)33)18-27(19)36-29(34)31-21-4-6-22(7-5-21)32-13-15-35-16-14-32;1-5-11(3,4)9-18-17(16)8-6-7-10(2)12(13,14)15/h4-7,17-18,23-24,26H,3,8-16H2,1-2H3,(H,31,34);10,16H,5-9H2,1-4H3. The number of nitrogens with one attached hydrogen (secondary N) is 1. The number of rotatable bonds is 12. The Bertz CT molecular complexity index is 1590. The smallest absolute Gasteiger partial charge is 0.410 e. The number of alkyl halides is 1. The molecule has 6 unspecified atom stereocenters. The molecule has 2 aromatic carbocycles. The lowest BCUT2D eigenvalue weighted by molar-refractivity contribution is -0.129. The zero-order valence-electron chi connectivity index (χ0n) is 33.3. The van der Waals surface area contributed by atoms with Gasteiger partial charge in [0.05, 0.1) is 20.6 Å². The van der Waals surface area contributed by atoms with Crippen molar-refractivity contribution in [3.05, 3.63) is 53.1 Å². The molecule has 3 fully saturated rings. The molecule has 54 heavy (non-hydrogen) atoms. The quantitative estimate of drug-likeness (QED) is 0.164. The van der Waals surface area contributed by atoms with E-state index in [0.717, 1.165) is 101 Å². The van der Waals surface area contributed by atoms with Gasteiger partial charge in [-0.15, -0.1) is 11.4 Å². The first-order valence-corrected chi connectivity index (χ1v) is 23.0. The van der Waals surface area contributed by atoms with Crippen LogP contribution in [-0.2, 0) is 16.0 Å². The fourth-order valence-corrected chi connectivity index (χ4v) is 12.1. The molecule has 1 aliphatic heterocycles. The lowest BCUT2D eigenvalue weighted by Crippen LogP contribution is -2.42. The Morgan fingerprint density at radius 2 is 1.87 bits per heavy atom. The summed E-state index contributed by atoms with van der Waals surface area (Å²) < 4.78 is 24.3. The van der Waals surface area contributed by atoms with Crippen LogP contribution in [0.3, 0.4) is 0 Å². The molecule has 3 aliphatic carbocycles. The number of halogens is 1. The molecule has 7 nitrogen and oxygen atoms in total. The molecule has 12 heteroatoms. The minimum atomic E-state index is -2.10. The normalized spacial score (nSPS) is 25.0. The fourth-order valence-electron chi connectivity index (χ4n) is 8.58. The highest BCUT2D eigenvalue weighted by atomic mass is 32.7. The van der Waals surface area contributed by atoms with Crippen molar-refractivity contribution in [1.82, 2.24) is 0 Å². The van der Waals surface area contributed by atoms with Crippen molar-refractivity contribution in [1.29, 1.82) is 0 Å². The third kappa shape index (κ3) is 10.9. The van der Waals surface area contributed by atoms with Crippen LogP contribution in [-0.4, -0.2) is 76.1 Å². The van der Waals surface area contributed by atoms with Gasteiger partial charge in [-0.2, -0.15) is 0 Å². The monoisotopic (exact) mass is 776 g/mol. The highest BCUT2D eigenvalue weighted by Gasteiger charge is 2.54. The maximum Gasteiger partial charge on any atom is 0.417 e. The second kappa shape index (κ2) is 18.5. The molecule has 2 saturated carbocycles. The number of carbonyl (C=O) groups excluding carboxylic acids is 2. The minimum absolute atomic E-state index is 0.102. The molecule has 0 aromatic heterocycles. The van der Waals surface area contributed by atoms with Crippen LogP contribution in [0.25, 0.3) is 0 Å². The van der Waals surface area contributed by atoms with Gasteiger partial charge in [-0.05, 0) is 128 Å². The number of nitrogens with zero attached hydrogens (tertiary/aromatic N) is 1. The molecule has 1 heterocycles. The van der Waals surface area contributed by atoms with Crippen molar-refractivity contribution in [2.45, 2.75) is 111 Å². The van der Waals surface area contributed by atoms with E-state index in [0.29, 0.717) is 41.4 Å². The van der Waals surface area contributed by atoms with Gasteiger partial charge in [0.25, 0.3) is 0 Å². The molecule has 6 rings (SSSR count). The highest BCUT2D eigenvalue weighted by Crippen LogP contribution is 2.60. The predicted octanol–water partition coefficient (Wildman–Crippen LogP) is 9.70. The number of carbonyl (C=O) groups is 2. The Morgan fingerprint density at radius 3 is 2.54 bits per heavy atom. The summed E-state index contributed by atoms with van der Waals surface area (Å²) in [6, 6.07) is 12.2. The summed E-state index contributed by atoms with van der Waals surface area (Å²) in [6.45, 7) is 15.7. The number of hydrogen-bond donors (Lipinski definition) is 2. The molecule has 0 bridgehead atoms. The Kier molecular flexibility index (Phi) is 14.7. The summed E-state index contributed by atoms with van der Waals surface area (Å²) in [6.07, 6.45) is 8.73. The average molecular weight is 777 g/mol. The predicted molar refractivity (Wildman–Crippen MR) is 224 cm³/mol. The van der Waals surface area contributed by atoms with E-state index in [2.05, 4.69) is 50.0 Å². The van der Waals surface area contributed by atoms with Crippen LogP contribution in [0, 0.1) is 35.5 Å². The highest BCUT2D eigenvalue weighted by molar-refractivity contribution is 8.54. The number of anilines is 2. The van der Waals surface area contributed by atoms with Gasteiger partial charge < -0.3 is 19.3 Å². The number of amides is 1. The number of ketones is 1. The van der Waals surface area contributed by atoms with Gasteiger partial charge in [-0.3, -0.25) is 14.5 Å². The van der Waals surface area contributed by atoms with Gasteiger partial charge in [-0.1, -0.05) is 47.1 Å². The summed E-state index contributed by atoms with van der Waals surface area (Å²) in [4.78, 5) is 37.5. The first-order valence-electron chi connectivity index (χ1n) is 19.9. The van der Waals surface area contributed by atoms with Crippen molar-refractivity contribution >= 4 is 57.7 Å². The van der Waals surface area contributed by atoms with E-state index in [4.69, 9.17) is 25.2 Å². The van der Waals surface area contributed by atoms with E-state index in [1.165, 1.54) is 11.1 Å². The first kappa shape index (κ1) is 43.1. The van der Waals surface area contributed by atoms with E-state index in [1.807, 2.05) is 31.2 Å².